The highest BCUT2D eigenvalue weighted by Crippen LogP contribution is 2.21. The van der Waals surface area contributed by atoms with Crippen LogP contribution in [0.25, 0.3) is 0 Å². The molecule has 2 aromatic carbocycles. The molecule has 1 saturated heterocycles. The van der Waals surface area contributed by atoms with E-state index in [1.807, 2.05) is 48.5 Å². The van der Waals surface area contributed by atoms with Crippen molar-refractivity contribution in [2.45, 2.75) is 0 Å². The average Bonchev–Trinajstić information content (AvgIpc) is 2.74. The molecule has 0 atom stereocenters. The molecule has 154 valence electrons. The Morgan fingerprint density at radius 3 is 2.63 bits per heavy atom. The van der Waals surface area contributed by atoms with Gasteiger partial charge in [0.05, 0.1) is 19.4 Å². The zero-order valence-electron chi connectivity index (χ0n) is 15.9. The first-order valence-corrected chi connectivity index (χ1v) is 10.5. The van der Waals surface area contributed by atoms with Crippen LogP contribution in [0.5, 0.6) is 0 Å². The monoisotopic (exact) mass is 487 g/mol. The third-order valence-electron chi connectivity index (χ3n) is 4.23. The Bertz CT molecular complexity index is 1040. The molecular weight excluding hydrogens is 470 g/mol. The zero-order chi connectivity index (χ0) is 20.8. The largest absolute Gasteiger partial charge is 0.378 e. The van der Waals surface area contributed by atoms with Crippen LogP contribution in [0.3, 0.4) is 0 Å². The molecule has 1 aliphatic rings. The lowest BCUT2D eigenvalue weighted by Crippen LogP contribution is -2.37. The first kappa shape index (κ1) is 20.5. The fourth-order valence-corrected chi connectivity index (χ4v) is 3.42. The summed E-state index contributed by atoms with van der Waals surface area (Å²) in [5.41, 5.74) is 4.61. The minimum absolute atomic E-state index is 0.335. The van der Waals surface area contributed by atoms with Crippen molar-refractivity contribution >= 4 is 57.3 Å². The topological polar surface area (TPSA) is 87.6 Å². The first-order valence-electron chi connectivity index (χ1n) is 9.32. The highest BCUT2D eigenvalue weighted by molar-refractivity contribution is 9.10. The highest BCUT2D eigenvalue weighted by atomic mass is 79.9. The number of aromatic nitrogens is 3. The van der Waals surface area contributed by atoms with E-state index >= 15 is 0 Å². The van der Waals surface area contributed by atoms with Crippen LogP contribution in [0.2, 0.25) is 5.02 Å². The predicted molar refractivity (Wildman–Crippen MR) is 123 cm³/mol. The molecule has 8 nitrogen and oxygen atoms in total. The lowest BCUT2D eigenvalue weighted by atomic mass is 10.2. The average molecular weight is 489 g/mol. The number of halogens is 2. The number of benzene rings is 2. The number of hydrogen-bond donors (Lipinski definition) is 2. The molecule has 4 rings (SSSR count). The molecule has 0 saturated carbocycles. The van der Waals surface area contributed by atoms with E-state index in [-0.39, 0.29) is 0 Å². The molecule has 0 unspecified atom stereocenters. The van der Waals surface area contributed by atoms with E-state index in [9.17, 15) is 0 Å². The van der Waals surface area contributed by atoms with Crippen molar-refractivity contribution in [1.82, 2.24) is 15.0 Å². The van der Waals surface area contributed by atoms with E-state index in [0.29, 0.717) is 49.2 Å². The molecule has 10 heteroatoms. The molecular formula is C20H19BrClN7O. The number of hydrazone groups is 1. The van der Waals surface area contributed by atoms with Gasteiger partial charge in [0.1, 0.15) is 0 Å². The van der Waals surface area contributed by atoms with Crippen LogP contribution >= 0.6 is 27.5 Å². The summed E-state index contributed by atoms with van der Waals surface area (Å²) < 4.78 is 6.39. The van der Waals surface area contributed by atoms with Crippen molar-refractivity contribution in [2.75, 3.05) is 41.9 Å². The number of rotatable bonds is 6. The van der Waals surface area contributed by atoms with Crippen LogP contribution < -0.4 is 15.6 Å². The number of nitrogens with zero attached hydrogens (tertiary/aromatic N) is 5. The van der Waals surface area contributed by atoms with E-state index < -0.39 is 0 Å². The Balaban J connectivity index is 1.57. The van der Waals surface area contributed by atoms with Gasteiger partial charge in [0.25, 0.3) is 0 Å². The molecule has 0 bridgehead atoms. The summed E-state index contributed by atoms with van der Waals surface area (Å²) in [4.78, 5) is 15.6. The molecule has 0 radical (unpaired) electrons. The third kappa shape index (κ3) is 5.65. The van der Waals surface area contributed by atoms with Crippen LogP contribution in [0.4, 0.5) is 23.5 Å². The van der Waals surface area contributed by atoms with Gasteiger partial charge in [0.2, 0.25) is 17.8 Å². The summed E-state index contributed by atoms with van der Waals surface area (Å²) in [6.07, 6.45) is 1.66. The van der Waals surface area contributed by atoms with Gasteiger partial charge >= 0.3 is 0 Å². The Hall–Kier alpha value is -2.75. The molecule has 3 aromatic rings. The first-order chi connectivity index (χ1) is 14.7. The second-order valence-corrected chi connectivity index (χ2v) is 7.79. The smallest absolute Gasteiger partial charge is 0.250 e. The molecule has 2 heterocycles. The van der Waals surface area contributed by atoms with E-state index in [4.69, 9.17) is 16.3 Å². The lowest BCUT2D eigenvalue weighted by Gasteiger charge is -2.27. The van der Waals surface area contributed by atoms with Crippen LogP contribution in [0.15, 0.2) is 58.1 Å². The van der Waals surface area contributed by atoms with Crippen molar-refractivity contribution in [1.29, 1.82) is 0 Å². The summed E-state index contributed by atoms with van der Waals surface area (Å²) in [5.74, 6) is 1.32. The maximum Gasteiger partial charge on any atom is 0.250 e. The van der Waals surface area contributed by atoms with Gasteiger partial charge in [-0.05, 0) is 35.9 Å². The van der Waals surface area contributed by atoms with Crippen LogP contribution in [-0.4, -0.2) is 47.5 Å². The van der Waals surface area contributed by atoms with Gasteiger partial charge in [-0.2, -0.15) is 20.1 Å². The maximum atomic E-state index is 6.01. The lowest BCUT2D eigenvalue weighted by molar-refractivity contribution is 0.122. The van der Waals surface area contributed by atoms with Gasteiger partial charge < -0.3 is 15.0 Å². The Labute approximate surface area is 187 Å². The summed E-state index contributed by atoms with van der Waals surface area (Å²) >= 11 is 9.49. The van der Waals surface area contributed by atoms with Crippen molar-refractivity contribution < 1.29 is 4.74 Å². The van der Waals surface area contributed by atoms with Crippen LogP contribution in [-0.2, 0) is 4.74 Å². The molecule has 0 amide bonds. The molecule has 1 aliphatic heterocycles. The standard InChI is InChI=1S/C20H19BrClN7O/c21-15-4-2-6-17(12-15)24-18-25-19(27-20(26-18)29-7-9-30-10-8-29)28-23-13-14-3-1-5-16(22)11-14/h1-6,11-13H,7-10H2,(H2,24,25,26,27,28)/b23-13-. The highest BCUT2D eigenvalue weighted by Gasteiger charge is 2.16. The van der Waals surface area contributed by atoms with E-state index in [1.165, 1.54) is 0 Å². The molecule has 1 aromatic heterocycles. The van der Waals surface area contributed by atoms with Gasteiger partial charge in [-0.25, -0.2) is 5.43 Å². The molecule has 0 spiro atoms. The van der Waals surface area contributed by atoms with Crippen LogP contribution in [0, 0.1) is 0 Å². The van der Waals surface area contributed by atoms with Gasteiger partial charge in [0.15, 0.2) is 0 Å². The van der Waals surface area contributed by atoms with Gasteiger partial charge in [-0.1, -0.05) is 45.7 Å². The van der Waals surface area contributed by atoms with Crippen molar-refractivity contribution in [2.24, 2.45) is 5.10 Å². The minimum atomic E-state index is 0.335. The molecule has 30 heavy (non-hydrogen) atoms. The van der Waals surface area contributed by atoms with Crippen molar-refractivity contribution in [3.8, 4) is 0 Å². The van der Waals surface area contributed by atoms with Crippen molar-refractivity contribution in [3.05, 3.63) is 63.6 Å². The number of hydrogen-bond acceptors (Lipinski definition) is 8. The molecule has 0 aliphatic carbocycles. The second kappa shape index (κ2) is 9.84. The van der Waals surface area contributed by atoms with Crippen molar-refractivity contribution in [3.63, 3.8) is 0 Å². The quantitative estimate of drug-likeness (QED) is 0.395. The summed E-state index contributed by atoms with van der Waals surface area (Å²) in [6, 6.07) is 15.2. The number of morpholine rings is 1. The van der Waals surface area contributed by atoms with E-state index in [2.05, 4.69) is 51.6 Å². The molecule has 2 N–H and O–H groups in total. The molecule has 1 fully saturated rings. The maximum absolute atomic E-state index is 6.01. The Morgan fingerprint density at radius 2 is 1.83 bits per heavy atom. The summed E-state index contributed by atoms with van der Waals surface area (Å²) in [5, 5.41) is 8.10. The SMILES string of the molecule is Clc1cccc(/C=N\Nc2nc(Nc3cccc(Br)c3)nc(N3CCOCC3)n2)c1. The second-order valence-electron chi connectivity index (χ2n) is 6.44. The number of ether oxygens (including phenoxy) is 1. The minimum Gasteiger partial charge on any atom is -0.378 e. The van der Waals surface area contributed by atoms with E-state index in [1.54, 1.807) is 6.21 Å². The Kier molecular flexibility index (Phi) is 6.73. The van der Waals surface area contributed by atoms with Crippen LogP contribution in [0.1, 0.15) is 5.56 Å². The third-order valence-corrected chi connectivity index (χ3v) is 4.95. The normalized spacial score (nSPS) is 14.1. The van der Waals surface area contributed by atoms with E-state index in [0.717, 1.165) is 15.7 Å². The Morgan fingerprint density at radius 1 is 1.03 bits per heavy atom. The van der Waals surface area contributed by atoms with Gasteiger partial charge in [0, 0.05) is 28.3 Å². The van der Waals surface area contributed by atoms with Gasteiger partial charge in [-0.15, -0.1) is 0 Å². The zero-order valence-corrected chi connectivity index (χ0v) is 18.3. The summed E-state index contributed by atoms with van der Waals surface area (Å²) in [6.45, 7) is 2.70. The fraction of sp³-hybridized carbons (Fsp3) is 0.200. The fourth-order valence-electron chi connectivity index (χ4n) is 2.82. The number of nitrogens with one attached hydrogen (secondary N) is 2. The number of anilines is 4. The summed E-state index contributed by atoms with van der Waals surface area (Å²) in [7, 11) is 0. The predicted octanol–water partition coefficient (Wildman–Crippen LogP) is 4.31. The van der Waals surface area contributed by atoms with Gasteiger partial charge in [-0.3, -0.25) is 0 Å².